The quantitative estimate of drug-likeness (QED) is 0.905. The summed E-state index contributed by atoms with van der Waals surface area (Å²) in [6.45, 7) is 14.0. The number of hydrogen-bond acceptors (Lipinski definition) is 4. The van der Waals surface area contributed by atoms with Gasteiger partial charge in [0, 0.05) is 30.5 Å². The summed E-state index contributed by atoms with van der Waals surface area (Å²) in [5.41, 5.74) is 2.81. The average molecular weight is 290 g/mol. The van der Waals surface area contributed by atoms with Crippen molar-refractivity contribution < 1.29 is 0 Å². The SMILES string of the molecule is CCN(CC)c1ncc2c(n1)CCC(CNC(C)(C)C)C2. The van der Waals surface area contributed by atoms with Crippen molar-refractivity contribution in [1.82, 2.24) is 15.3 Å². The predicted molar refractivity (Wildman–Crippen MR) is 88.9 cm³/mol. The molecule has 0 saturated heterocycles. The number of anilines is 1. The lowest BCUT2D eigenvalue weighted by Gasteiger charge is -2.29. The van der Waals surface area contributed by atoms with E-state index in [1.807, 2.05) is 0 Å². The third kappa shape index (κ3) is 4.40. The van der Waals surface area contributed by atoms with Gasteiger partial charge in [-0.1, -0.05) is 0 Å². The van der Waals surface area contributed by atoms with Crippen molar-refractivity contribution in [3.8, 4) is 0 Å². The van der Waals surface area contributed by atoms with E-state index in [4.69, 9.17) is 4.98 Å². The normalized spacial score (nSPS) is 18.4. The second-order valence-electron chi connectivity index (χ2n) is 7.05. The van der Waals surface area contributed by atoms with Crippen LogP contribution in [0, 0.1) is 5.92 Å². The van der Waals surface area contributed by atoms with E-state index in [1.54, 1.807) is 0 Å². The predicted octanol–water partition coefficient (Wildman–Crippen LogP) is 2.82. The molecule has 1 heterocycles. The molecule has 1 N–H and O–H groups in total. The Morgan fingerprint density at radius 2 is 2.00 bits per heavy atom. The number of aromatic nitrogens is 2. The Hall–Kier alpha value is -1.16. The summed E-state index contributed by atoms with van der Waals surface area (Å²) >= 11 is 0. The van der Waals surface area contributed by atoms with E-state index in [9.17, 15) is 0 Å². The minimum absolute atomic E-state index is 0.198. The molecule has 2 rings (SSSR count). The minimum Gasteiger partial charge on any atom is -0.341 e. The molecule has 1 aromatic rings. The molecule has 1 aromatic heterocycles. The van der Waals surface area contributed by atoms with E-state index in [2.05, 4.69) is 56.0 Å². The Kier molecular flexibility index (Phi) is 5.20. The van der Waals surface area contributed by atoms with E-state index < -0.39 is 0 Å². The number of nitrogens with one attached hydrogen (secondary N) is 1. The highest BCUT2D eigenvalue weighted by atomic mass is 15.2. The van der Waals surface area contributed by atoms with E-state index in [0.717, 1.165) is 38.4 Å². The van der Waals surface area contributed by atoms with Crippen molar-refractivity contribution in [2.75, 3.05) is 24.5 Å². The molecule has 0 amide bonds. The largest absolute Gasteiger partial charge is 0.341 e. The van der Waals surface area contributed by atoms with Crippen molar-refractivity contribution in [2.45, 2.75) is 59.4 Å². The minimum atomic E-state index is 0.198. The summed E-state index contributed by atoms with van der Waals surface area (Å²) in [5.74, 6) is 1.60. The Labute approximate surface area is 129 Å². The van der Waals surface area contributed by atoms with E-state index in [1.165, 1.54) is 17.7 Å². The first-order valence-corrected chi connectivity index (χ1v) is 8.27. The number of rotatable bonds is 5. The summed E-state index contributed by atoms with van der Waals surface area (Å²) in [4.78, 5) is 11.6. The molecule has 0 bridgehead atoms. The fraction of sp³-hybridized carbons (Fsp3) is 0.765. The third-order valence-electron chi connectivity index (χ3n) is 4.21. The first kappa shape index (κ1) is 16.2. The summed E-state index contributed by atoms with van der Waals surface area (Å²) in [7, 11) is 0. The first-order valence-electron chi connectivity index (χ1n) is 8.27. The van der Waals surface area contributed by atoms with Crippen LogP contribution in [0.1, 0.15) is 52.3 Å². The molecule has 4 heteroatoms. The first-order chi connectivity index (χ1) is 9.93. The van der Waals surface area contributed by atoms with Gasteiger partial charge in [-0.25, -0.2) is 9.97 Å². The van der Waals surface area contributed by atoms with Gasteiger partial charge in [0.05, 0.1) is 0 Å². The van der Waals surface area contributed by atoms with Gasteiger partial charge in [0.1, 0.15) is 0 Å². The molecule has 118 valence electrons. The fourth-order valence-corrected chi connectivity index (χ4v) is 2.86. The molecular weight excluding hydrogens is 260 g/mol. The van der Waals surface area contributed by atoms with Crippen LogP contribution in [0.2, 0.25) is 0 Å². The van der Waals surface area contributed by atoms with Crippen LogP contribution in [0.25, 0.3) is 0 Å². The second kappa shape index (κ2) is 6.73. The van der Waals surface area contributed by atoms with Crippen molar-refractivity contribution in [3.63, 3.8) is 0 Å². The Morgan fingerprint density at radius 3 is 2.62 bits per heavy atom. The zero-order chi connectivity index (χ0) is 15.5. The van der Waals surface area contributed by atoms with Crippen molar-refractivity contribution in [3.05, 3.63) is 17.5 Å². The Bertz CT molecular complexity index is 460. The van der Waals surface area contributed by atoms with Gasteiger partial charge in [-0.2, -0.15) is 0 Å². The molecule has 0 aliphatic heterocycles. The molecule has 0 spiro atoms. The van der Waals surface area contributed by atoms with Gasteiger partial charge < -0.3 is 10.2 Å². The molecule has 0 radical (unpaired) electrons. The van der Waals surface area contributed by atoms with Gasteiger partial charge >= 0.3 is 0 Å². The van der Waals surface area contributed by atoms with E-state index >= 15 is 0 Å². The van der Waals surface area contributed by atoms with Crippen LogP contribution < -0.4 is 10.2 Å². The number of fused-ring (bicyclic) bond motifs is 1. The zero-order valence-corrected chi connectivity index (χ0v) is 14.2. The van der Waals surface area contributed by atoms with Crippen molar-refractivity contribution in [2.24, 2.45) is 5.92 Å². The van der Waals surface area contributed by atoms with Crippen LogP contribution in [-0.4, -0.2) is 35.1 Å². The van der Waals surface area contributed by atoms with E-state index in [0.29, 0.717) is 5.92 Å². The smallest absolute Gasteiger partial charge is 0.225 e. The van der Waals surface area contributed by atoms with Gasteiger partial charge in [0.15, 0.2) is 0 Å². The molecule has 1 unspecified atom stereocenters. The number of hydrogen-bond donors (Lipinski definition) is 1. The lowest BCUT2D eigenvalue weighted by atomic mass is 9.87. The summed E-state index contributed by atoms with van der Waals surface area (Å²) in [6.07, 6.45) is 5.48. The number of nitrogens with zero attached hydrogens (tertiary/aromatic N) is 3. The zero-order valence-electron chi connectivity index (χ0n) is 14.2. The monoisotopic (exact) mass is 290 g/mol. The van der Waals surface area contributed by atoms with Crippen molar-refractivity contribution in [1.29, 1.82) is 0 Å². The molecular formula is C17H30N4. The second-order valence-corrected chi connectivity index (χ2v) is 7.05. The topological polar surface area (TPSA) is 41.1 Å². The van der Waals surface area contributed by atoms with Gasteiger partial charge in [-0.15, -0.1) is 0 Å². The maximum Gasteiger partial charge on any atom is 0.225 e. The maximum absolute atomic E-state index is 4.79. The van der Waals surface area contributed by atoms with Gasteiger partial charge in [0.25, 0.3) is 0 Å². The van der Waals surface area contributed by atoms with E-state index in [-0.39, 0.29) is 5.54 Å². The average Bonchev–Trinajstić information content (AvgIpc) is 2.45. The number of aryl methyl sites for hydroxylation is 1. The van der Waals surface area contributed by atoms with Crippen molar-refractivity contribution >= 4 is 5.95 Å². The Balaban J connectivity index is 2.02. The van der Waals surface area contributed by atoms with Gasteiger partial charge in [-0.05, 0) is 71.9 Å². The molecule has 1 aliphatic rings. The lowest BCUT2D eigenvalue weighted by Crippen LogP contribution is -2.40. The molecule has 0 saturated carbocycles. The lowest BCUT2D eigenvalue weighted by molar-refractivity contribution is 0.347. The molecule has 1 aliphatic carbocycles. The van der Waals surface area contributed by atoms with Crippen LogP contribution >= 0.6 is 0 Å². The Morgan fingerprint density at radius 1 is 1.29 bits per heavy atom. The summed E-state index contributed by atoms with van der Waals surface area (Å²) in [5, 5.41) is 3.62. The van der Waals surface area contributed by atoms with Crippen LogP contribution in [0.3, 0.4) is 0 Å². The maximum atomic E-state index is 4.79. The summed E-state index contributed by atoms with van der Waals surface area (Å²) < 4.78 is 0. The van der Waals surface area contributed by atoms with Crippen LogP contribution in [0.15, 0.2) is 6.20 Å². The molecule has 0 fully saturated rings. The highest BCUT2D eigenvalue weighted by Crippen LogP contribution is 2.25. The molecule has 21 heavy (non-hydrogen) atoms. The van der Waals surface area contributed by atoms with Crippen LogP contribution in [0.4, 0.5) is 5.95 Å². The molecule has 0 aromatic carbocycles. The highest BCUT2D eigenvalue weighted by molar-refractivity contribution is 5.34. The molecule has 4 nitrogen and oxygen atoms in total. The highest BCUT2D eigenvalue weighted by Gasteiger charge is 2.22. The van der Waals surface area contributed by atoms with Gasteiger partial charge in [-0.3, -0.25) is 0 Å². The standard InChI is InChI=1S/C17H30N4/c1-6-21(7-2)16-18-12-14-10-13(8-9-15(14)20-16)11-19-17(3,4)5/h12-13,19H,6-11H2,1-5H3. The molecule has 1 atom stereocenters. The van der Waals surface area contributed by atoms with Crippen LogP contribution in [-0.2, 0) is 12.8 Å². The van der Waals surface area contributed by atoms with Gasteiger partial charge in [0.2, 0.25) is 5.95 Å². The van der Waals surface area contributed by atoms with Crippen LogP contribution in [0.5, 0.6) is 0 Å². The summed E-state index contributed by atoms with van der Waals surface area (Å²) in [6, 6.07) is 0. The fourth-order valence-electron chi connectivity index (χ4n) is 2.86. The third-order valence-corrected chi connectivity index (χ3v) is 4.21.